The van der Waals surface area contributed by atoms with E-state index in [4.69, 9.17) is 4.74 Å². The standard InChI is InChI=1S/C14H28N2O/c1-12-10-15-14(2,13-6-7-13)11-16(12)8-4-5-9-17-3/h12-13,15H,4-11H2,1-3H3. The van der Waals surface area contributed by atoms with Crippen molar-refractivity contribution in [2.24, 2.45) is 5.92 Å². The van der Waals surface area contributed by atoms with E-state index >= 15 is 0 Å². The van der Waals surface area contributed by atoms with Gasteiger partial charge in [-0.3, -0.25) is 4.90 Å². The molecular weight excluding hydrogens is 212 g/mol. The Kier molecular flexibility index (Phi) is 4.45. The molecule has 1 heterocycles. The van der Waals surface area contributed by atoms with Crippen LogP contribution in [0.5, 0.6) is 0 Å². The summed E-state index contributed by atoms with van der Waals surface area (Å²) in [7, 11) is 1.79. The van der Waals surface area contributed by atoms with Gasteiger partial charge in [0.2, 0.25) is 0 Å². The van der Waals surface area contributed by atoms with Crippen molar-refractivity contribution in [3.8, 4) is 0 Å². The molecule has 0 amide bonds. The Morgan fingerprint density at radius 1 is 1.35 bits per heavy atom. The number of hydrogen-bond donors (Lipinski definition) is 1. The Hall–Kier alpha value is -0.120. The number of methoxy groups -OCH3 is 1. The SMILES string of the molecule is COCCCCN1CC(C)(C2CC2)NCC1C. The molecule has 2 rings (SSSR count). The van der Waals surface area contributed by atoms with E-state index in [1.807, 2.05) is 0 Å². The maximum atomic E-state index is 5.12. The number of piperazine rings is 1. The van der Waals surface area contributed by atoms with Crippen molar-refractivity contribution in [1.82, 2.24) is 10.2 Å². The lowest BCUT2D eigenvalue weighted by Crippen LogP contribution is -2.63. The molecule has 2 atom stereocenters. The highest BCUT2D eigenvalue weighted by atomic mass is 16.5. The van der Waals surface area contributed by atoms with Crippen molar-refractivity contribution < 1.29 is 4.74 Å². The summed E-state index contributed by atoms with van der Waals surface area (Å²) in [6.07, 6.45) is 5.30. The van der Waals surface area contributed by atoms with Gasteiger partial charge in [0.15, 0.2) is 0 Å². The molecular formula is C14H28N2O. The van der Waals surface area contributed by atoms with Gasteiger partial charge in [-0.15, -0.1) is 0 Å². The lowest BCUT2D eigenvalue weighted by Gasteiger charge is -2.45. The summed E-state index contributed by atoms with van der Waals surface area (Å²) < 4.78 is 5.12. The maximum absolute atomic E-state index is 5.12. The zero-order valence-electron chi connectivity index (χ0n) is 11.7. The fraction of sp³-hybridized carbons (Fsp3) is 1.00. The molecule has 1 saturated heterocycles. The van der Waals surface area contributed by atoms with E-state index in [1.165, 1.54) is 38.8 Å². The van der Waals surface area contributed by atoms with Crippen LogP contribution in [0.25, 0.3) is 0 Å². The van der Waals surface area contributed by atoms with Gasteiger partial charge in [-0.25, -0.2) is 0 Å². The third-order valence-corrected chi connectivity index (χ3v) is 4.48. The summed E-state index contributed by atoms with van der Waals surface area (Å²) in [6.45, 7) is 9.27. The van der Waals surface area contributed by atoms with Gasteiger partial charge in [0, 0.05) is 38.4 Å². The third-order valence-electron chi connectivity index (χ3n) is 4.48. The van der Waals surface area contributed by atoms with Gasteiger partial charge in [0.1, 0.15) is 0 Å². The van der Waals surface area contributed by atoms with Crippen molar-refractivity contribution in [1.29, 1.82) is 0 Å². The second-order valence-corrected chi connectivity index (χ2v) is 6.09. The quantitative estimate of drug-likeness (QED) is 0.717. The number of nitrogens with one attached hydrogen (secondary N) is 1. The molecule has 1 aliphatic heterocycles. The summed E-state index contributed by atoms with van der Waals surface area (Å²) >= 11 is 0. The van der Waals surface area contributed by atoms with E-state index in [1.54, 1.807) is 7.11 Å². The molecule has 1 saturated carbocycles. The van der Waals surface area contributed by atoms with E-state index in [0.717, 1.165) is 19.1 Å². The smallest absolute Gasteiger partial charge is 0.0462 e. The van der Waals surface area contributed by atoms with Gasteiger partial charge in [-0.2, -0.15) is 0 Å². The Labute approximate surface area is 106 Å². The van der Waals surface area contributed by atoms with Crippen LogP contribution in [-0.4, -0.2) is 49.8 Å². The molecule has 0 spiro atoms. The monoisotopic (exact) mass is 240 g/mol. The predicted octanol–water partition coefficient (Wildman–Crippen LogP) is 1.88. The topological polar surface area (TPSA) is 24.5 Å². The molecule has 0 bridgehead atoms. The molecule has 2 aliphatic rings. The van der Waals surface area contributed by atoms with Gasteiger partial charge in [-0.05, 0) is 52.0 Å². The lowest BCUT2D eigenvalue weighted by atomic mass is 9.91. The fourth-order valence-electron chi connectivity index (χ4n) is 3.00. The lowest BCUT2D eigenvalue weighted by molar-refractivity contribution is 0.0792. The number of unbranched alkanes of at least 4 members (excludes halogenated alkanes) is 1. The molecule has 1 N–H and O–H groups in total. The van der Waals surface area contributed by atoms with Gasteiger partial charge >= 0.3 is 0 Å². The Balaban J connectivity index is 1.78. The molecule has 2 unspecified atom stereocenters. The summed E-state index contributed by atoms with van der Waals surface area (Å²) in [4.78, 5) is 2.67. The van der Waals surface area contributed by atoms with Crippen LogP contribution >= 0.6 is 0 Å². The third kappa shape index (κ3) is 3.43. The molecule has 17 heavy (non-hydrogen) atoms. The molecule has 1 aliphatic carbocycles. The highest BCUT2D eigenvalue weighted by Gasteiger charge is 2.44. The molecule has 0 aromatic heterocycles. The van der Waals surface area contributed by atoms with E-state index in [-0.39, 0.29) is 0 Å². The molecule has 2 fully saturated rings. The van der Waals surface area contributed by atoms with Crippen molar-refractivity contribution in [3.05, 3.63) is 0 Å². The molecule has 0 aromatic rings. The number of hydrogen-bond acceptors (Lipinski definition) is 3. The second-order valence-electron chi connectivity index (χ2n) is 6.09. The first-order valence-electron chi connectivity index (χ1n) is 7.14. The minimum atomic E-state index is 0.383. The molecule has 3 nitrogen and oxygen atoms in total. The van der Waals surface area contributed by atoms with Crippen LogP contribution < -0.4 is 5.32 Å². The Bertz CT molecular complexity index is 242. The zero-order valence-corrected chi connectivity index (χ0v) is 11.7. The zero-order chi connectivity index (χ0) is 12.3. The Morgan fingerprint density at radius 3 is 2.76 bits per heavy atom. The average Bonchev–Trinajstić information content (AvgIpc) is 3.13. The van der Waals surface area contributed by atoms with Crippen LogP contribution in [0.3, 0.4) is 0 Å². The molecule has 0 aromatic carbocycles. The van der Waals surface area contributed by atoms with Crippen molar-refractivity contribution >= 4 is 0 Å². The minimum absolute atomic E-state index is 0.383. The van der Waals surface area contributed by atoms with E-state index < -0.39 is 0 Å². The van der Waals surface area contributed by atoms with E-state index in [9.17, 15) is 0 Å². The molecule has 100 valence electrons. The van der Waals surface area contributed by atoms with Gasteiger partial charge in [0.25, 0.3) is 0 Å². The number of rotatable bonds is 6. The first-order valence-corrected chi connectivity index (χ1v) is 7.14. The summed E-state index contributed by atoms with van der Waals surface area (Å²) in [5.41, 5.74) is 0.383. The second kappa shape index (κ2) is 5.68. The fourth-order valence-corrected chi connectivity index (χ4v) is 3.00. The summed E-state index contributed by atoms with van der Waals surface area (Å²) in [6, 6.07) is 0.685. The van der Waals surface area contributed by atoms with Gasteiger partial charge < -0.3 is 10.1 Å². The van der Waals surface area contributed by atoms with Crippen LogP contribution in [0.4, 0.5) is 0 Å². The maximum Gasteiger partial charge on any atom is 0.0462 e. The number of ether oxygens (including phenoxy) is 1. The van der Waals surface area contributed by atoms with E-state index in [2.05, 4.69) is 24.1 Å². The first-order chi connectivity index (χ1) is 8.15. The highest BCUT2D eigenvalue weighted by Crippen LogP contribution is 2.41. The highest BCUT2D eigenvalue weighted by molar-refractivity contribution is 5.03. The predicted molar refractivity (Wildman–Crippen MR) is 71.3 cm³/mol. The van der Waals surface area contributed by atoms with Gasteiger partial charge in [0.05, 0.1) is 0 Å². The van der Waals surface area contributed by atoms with Crippen molar-refractivity contribution in [2.75, 3.05) is 33.4 Å². The van der Waals surface area contributed by atoms with Crippen LogP contribution in [0.15, 0.2) is 0 Å². The average molecular weight is 240 g/mol. The van der Waals surface area contributed by atoms with Crippen LogP contribution in [-0.2, 0) is 4.74 Å². The van der Waals surface area contributed by atoms with Crippen LogP contribution in [0.2, 0.25) is 0 Å². The van der Waals surface area contributed by atoms with E-state index in [0.29, 0.717) is 11.6 Å². The first kappa shape index (κ1) is 13.3. The minimum Gasteiger partial charge on any atom is -0.385 e. The summed E-state index contributed by atoms with van der Waals surface area (Å²) in [5.74, 6) is 0.927. The van der Waals surface area contributed by atoms with Gasteiger partial charge in [-0.1, -0.05) is 0 Å². The summed E-state index contributed by atoms with van der Waals surface area (Å²) in [5, 5.41) is 3.77. The van der Waals surface area contributed by atoms with Crippen molar-refractivity contribution in [2.45, 2.75) is 51.1 Å². The normalized spacial score (nSPS) is 35.1. The van der Waals surface area contributed by atoms with Crippen molar-refractivity contribution in [3.63, 3.8) is 0 Å². The molecule has 3 heteroatoms. The number of nitrogens with zero attached hydrogens (tertiary/aromatic N) is 1. The molecule has 0 radical (unpaired) electrons. The van der Waals surface area contributed by atoms with Crippen LogP contribution in [0, 0.1) is 5.92 Å². The largest absolute Gasteiger partial charge is 0.385 e. The van der Waals surface area contributed by atoms with Crippen LogP contribution in [0.1, 0.15) is 39.5 Å². The Morgan fingerprint density at radius 2 is 2.12 bits per heavy atom.